The smallest absolute Gasteiger partial charge is 0.337 e. The Balaban J connectivity index is 2.96. The average Bonchev–Trinajstić information content (AvgIpc) is 2.14. The molecule has 0 aliphatic rings. The Morgan fingerprint density at radius 2 is 2.20 bits per heavy atom. The van der Waals surface area contributed by atoms with E-state index in [1.54, 1.807) is 0 Å². The van der Waals surface area contributed by atoms with Crippen LogP contribution in [0.4, 0.5) is 5.69 Å². The highest BCUT2D eigenvalue weighted by Crippen LogP contribution is 2.21. The Kier molecular flexibility index (Phi) is 4.00. The van der Waals surface area contributed by atoms with Crippen molar-refractivity contribution in [2.75, 3.05) is 11.9 Å². The van der Waals surface area contributed by atoms with Crippen LogP contribution in [0.15, 0.2) is 29.8 Å². The van der Waals surface area contributed by atoms with E-state index < -0.39 is 5.97 Å². The summed E-state index contributed by atoms with van der Waals surface area (Å²) < 4.78 is 0. The molecule has 1 rings (SSSR count). The quantitative estimate of drug-likeness (QED) is 0.857. The second kappa shape index (κ2) is 5.05. The van der Waals surface area contributed by atoms with Gasteiger partial charge in [-0.05, 0) is 18.2 Å². The summed E-state index contributed by atoms with van der Waals surface area (Å²) in [6.07, 6.45) is 0. The number of aromatic carboxylic acids is 1. The van der Waals surface area contributed by atoms with Crippen molar-refractivity contribution in [2.24, 2.45) is 0 Å². The van der Waals surface area contributed by atoms with E-state index >= 15 is 0 Å². The largest absolute Gasteiger partial charge is 0.478 e. The lowest BCUT2D eigenvalue weighted by Crippen LogP contribution is -2.07. The first-order valence-corrected chi connectivity index (χ1v) is 4.86. The summed E-state index contributed by atoms with van der Waals surface area (Å²) in [5, 5.41) is 12.6. The monoisotopic (exact) mass is 245 g/mol. The minimum Gasteiger partial charge on any atom is -0.478 e. The normalized spacial score (nSPS) is 9.73. The fourth-order valence-electron chi connectivity index (χ4n) is 1.04. The highest BCUT2D eigenvalue weighted by atomic mass is 35.5. The van der Waals surface area contributed by atoms with Crippen molar-refractivity contribution in [3.63, 3.8) is 0 Å². The van der Waals surface area contributed by atoms with E-state index in [1.165, 1.54) is 18.2 Å². The zero-order valence-corrected chi connectivity index (χ0v) is 9.27. The van der Waals surface area contributed by atoms with E-state index in [-0.39, 0.29) is 5.56 Å². The Bertz CT molecular complexity index is 404. The lowest BCUT2D eigenvalue weighted by atomic mass is 10.2. The van der Waals surface area contributed by atoms with Gasteiger partial charge in [0, 0.05) is 10.1 Å². The Labute approximate surface area is 97.3 Å². The summed E-state index contributed by atoms with van der Waals surface area (Å²) in [6.45, 7) is 3.78. The van der Waals surface area contributed by atoms with Gasteiger partial charge >= 0.3 is 5.97 Å². The molecular weight excluding hydrogens is 237 g/mol. The van der Waals surface area contributed by atoms with E-state index in [0.717, 1.165) is 0 Å². The number of carbonyl (C=O) groups is 1. The predicted molar refractivity (Wildman–Crippen MR) is 61.9 cm³/mol. The molecule has 0 fully saturated rings. The van der Waals surface area contributed by atoms with Gasteiger partial charge in [0.05, 0.1) is 17.8 Å². The van der Waals surface area contributed by atoms with Crippen LogP contribution in [0.1, 0.15) is 10.4 Å². The maximum absolute atomic E-state index is 10.8. The van der Waals surface area contributed by atoms with Crippen molar-refractivity contribution in [1.29, 1.82) is 0 Å². The molecule has 2 N–H and O–H groups in total. The van der Waals surface area contributed by atoms with Gasteiger partial charge in [-0.1, -0.05) is 29.8 Å². The molecule has 0 radical (unpaired) electrons. The van der Waals surface area contributed by atoms with Crippen LogP contribution >= 0.6 is 23.2 Å². The fourth-order valence-corrected chi connectivity index (χ4v) is 1.28. The first kappa shape index (κ1) is 11.9. The molecule has 0 saturated heterocycles. The van der Waals surface area contributed by atoms with Crippen LogP contribution in [-0.4, -0.2) is 17.6 Å². The highest BCUT2D eigenvalue weighted by Gasteiger charge is 2.09. The zero-order valence-electron chi connectivity index (χ0n) is 7.76. The van der Waals surface area contributed by atoms with Crippen molar-refractivity contribution < 1.29 is 9.90 Å². The molecule has 5 heteroatoms. The van der Waals surface area contributed by atoms with Crippen LogP contribution in [0, 0.1) is 0 Å². The maximum atomic E-state index is 10.8. The molecule has 0 atom stereocenters. The number of carboxylic acid groups (broad SMARTS) is 1. The van der Waals surface area contributed by atoms with Crippen molar-refractivity contribution in [3.8, 4) is 0 Å². The third-order valence-electron chi connectivity index (χ3n) is 1.68. The molecule has 0 aliphatic carbocycles. The second-order valence-corrected chi connectivity index (χ2v) is 3.84. The Morgan fingerprint density at radius 3 is 2.73 bits per heavy atom. The summed E-state index contributed by atoms with van der Waals surface area (Å²) in [7, 11) is 0. The number of rotatable bonds is 4. The number of halogens is 2. The van der Waals surface area contributed by atoms with Crippen molar-refractivity contribution in [1.82, 2.24) is 0 Å². The summed E-state index contributed by atoms with van der Waals surface area (Å²) >= 11 is 11.3. The summed E-state index contributed by atoms with van der Waals surface area (Å²) in [5.41, 5.74) is 0.578. The van der Waals surface area contributed by atoms with Crippen molar-refractivity contribution in [2.45, 2.75) is 0 Å². The van der Waals surface area contributed by atoms with Crippen LogP contribution < -0.4 is 5.32 Å². The van der Waals surface area contributed by atoms with Gasteiger partial charge in [0.25, 0.3) is 0 Å². The number of hydrogen-bond donors (Lipinski definition) is 2. The van der Waals surface area contributed by atoms with Crippen molar-refractivity contribution in [3.05, 3.63) is 40.4 Å². The molecule has 0 aromatic heterocycles. The third kappa shape index (κ3) is 3.46. The van der Waals surface area contributed by atoms with Crippen LogP contribution in [0.5, 0.6) is 0 Å². The van der Waals surface area contributed by atoms with E-state index in [4.69, 9.17) is 28.3 Å². The fraction of sp³-hybridized carbons (Fsp3) is 0.100. The van der Waals surface area contributed by atoms with E-state index in [1.807, 2.05) is 0 Å². The van der Waals surface area contributed by atoms with Crippen molar-refractivity contribution >= 4 is 34.9 Å². The molecule has 1 aromatic rings. The first-order chi connectivity index (χ1) is 7.00. The molecule has 3 nitrogen and oxygen atoms in total. The number of nitrogens with one attached hydrogen (secondary N) is 1. The van der Waals surface area contributed by atoms with Gasteiger partial charge in [-0.3, -0.25) is 0 Å². The molecular formula is C10H9Cl2NO2. The summed E-state index contributed by atoms with van der Waals surface area (Å²) in [6, 6.07) is 4.49. The summed E-state index contributed by atoms with van der Waals surface area (Å²) in [5.74, 6) is -1.02. The molecule has 0 aliphatic heterocycles. The number of benzene rings is 1. The standard InChI is InChI=1S/C10H9Cl2NO2/c1-6(11)5-13-9-4-7(12)2-3-8(9)10(14)15/h2-4,13H,1,5H2,(H,14,15). The Hall–Kier alpha value is -1.19. The average molecular weight is 246 g/mol. The van der Waals surface area contributed by atoms with Gasteiger partial charge in [-0.15, -0.1) is 0 Å². The SMILES string of the molecule is C=C(Cl)CNc1cc(Cl)ccc1C(=O)O. The Morgan fingerprint density at radius 1 is 1.53 bits per heavy atom. The molecule has 1 aromatic carbocycles. The molecule has 80 valence electrons. The van der Waals surface area contributed by atoms with Gasteiger partial charge in [0.15, 0.2) is 0 Å². The number of anilines is 1. The number of hydrogen-bond acceptors (Lipinski definition) is 2. The molecule has 0 spiro atoms. The highest BCUT2D eigenvalue weighted by molar-refractivity contribution is 6.31. The lowest BCUT2D eigenvalue weighted by Gasteiger charge is -2.08. The van der Waals surface area contributed by atoms with Crippen LogP contribution in [0.3, 0.4) is 0 Å². The molecule has 0 bridgehead atoms. The van der Waals surface area contributed by atoms with Gasteiger partial charge in [-0.2, -0.15) is 0 Å². The van der Waals surface area contributed by atoms with Crippen LogP contribution in [0.25, 0.3) is 0 Å². The van der Waals surface area contributed by atoms with Gasteiger partial charge in [0.1, 0.15) is 0 Å². The summed E-state index contributed by atoms with van der Waals surface area (Å²) in [4.78, 5) is 10.8. The first-order valence-electron chi connectivity index (χ1n) is 4.10. The van der Waals surface area contributed by atoms with Gasteiger partial charge in [-0.25, -0.2) is 4.79 Å². The molecule has 15 heavy (non-hydrogen) atoms. The van der Waals surface area contributed by atoms with Crippen LogP contribution in [0.2, 0.25) is 5.02 Å². The number of carboxylic acids is 1. The minimum absolute atomic E-state index is 0.150. The van der Waals surface area contributed by atoms with E-state index in [2.05, 4.69) is 11.9 Å². The zero-order chi connectivity index (χ0) is 11.4. The van der Waals surface area contributed by atoms with E-state index in [0.29, 0.717) is 22.3 Å². The molecule has 0 amide bonds. The minimum atomic E-state index is -1.02. The van der Waals surface area contributed by atoms with Gasteiger partial charge in [0.2, 0.25) is 0 Å². The molecule has 0 saturated carbocycles. The topological polar surface area (TPSA) is 49.3 Å². The third-order valence-corrected chi connectivity index (χ3v) is 2.05. The van der Waals surface area contributed by atoms with Crippen LogP contribution in [-0.2, 0) is 0 Å². The van der Waals surface area contributed by atoms with E-state index in [9.17, 15) is 4.79 Å². The predicted octanol–water partition coefficient (Wildman–Crippen LogP) is 3.20. The molecule has 0 heterocycles. The lowest BCUT2D eigenvalue weighted by molar-refractivity contribution is 0.0698. The maximum Gasteiger partial charge on any atom is 0.337 e. The second-order valence-electron chi connectivity index (χ2n) is 2.87. The molecule has 0 unspecified atom stereocenters. The van der Waals surface area contributed by atoms with Gasteiger partial charge < -0.3 is 10.4 Å².